The largest absolute Gasteiger partial charge is 0.396 e. The molecule has 2 unspecified atom stereocenters. The minimum atomic E-state index is -0.107. The summed E-state index contributed by atoms with van der Waals surface area (Å²) >= 11 is 0. The number of hydrogen-bond donors (Lipinski definition) is 2. The van der Waals surface area contributed by atoms with Gasteiger partial charge in [0.25, 0.3) is 0 Å². The Labute approximate surface area is 118 Å². The van der Waals surface area contributed by atoms with Gasteiger partial charge in [-0.25, -0.2) is 0 Å². The summed E-state index contributed by atoms with van der Waals surface area (Å²) in [6.45, 7) is 8.08. The number of hydrogen-bond acceptors (Lipinski definition) is 4. The van der Waals surface area contributed by atoms with Gasteiger partial charge in [-0.05, 0) is 52.4 Å². The van der Waals surface area contributed by atoms with Crippen LogP contribution in [0, 0.1) is 0 Å². The van der Waals surface area contributed by atoms with Crippen molar-refractivity contribution in [1.29, 1.82) is 0 Å². The molecule has 0 aliphatic rings. The van der Waals surface area contributed by atoms with E-state index in [2.05, 4.69) is 20.8 Å². The molecule has 0 aliphatic heterocycles. The molecule has 0 amide bonds. The van der Waals surface area contributed by atoms with Crippen molar-refractivity contribution in [2.75, 3.05) is 26.4 Å². The summed E-state index contributed by atoms with van der Waals surface area (Å²) in [7, 11) is 0. The number of aliphatic hydroxyl groups excluding tert-OH is 2. The van der Waals surface area contributed by atoms with Crippen LogP contribution in [-0.2, 0) is 9.47 Å². The first-order valence-corrected chi connectivity index (χ1v) is 7.55. The Kier molecular flexibility index (Phi) is 11.6. The summed E-state index contributed by atoms with van der Waals surface area (Å²) in [6, 6.07) is 0. The number of ether oxygens (including phenoxy) is 2. The van der Waals surface area contributed by atoms with Crippen LogP contribution < -0.4 is 0 Å². The standard InChI is InChI=1S/C15H32O4/c1-4-15(3,9-6-10-16)19-13-5-8-14(2)18-12-7-11-17/h14,16-17H,4-13H2,1-3H3. The van der Waals surface area contributed by atoms with Gasteiger partial charge in [0.15, 0.2) is 0 Å². The summed E-state index contributed by atoms with van der Waals surface area (Å²) in [5.41, 5.74) is -0.107. The molecule has 0 saturated carbocycles. The van der Waals surface area contributed by atoms with Gasteiger partial charge in [-0.2, -0.15) is 0 Å². The van der Waals surface area contributed by atoms with E-state index < -0.39 is 0 Å². The molecule has 0 rings (SSSR count). The zero-order valence-electron chi connectivity index (χ0n) is 12.9. The van der Waals surface area contributed by atoms with Crippen molar-refractivity contribution in [2.24, 2.45) is 0 Å². The predicted octanol–water partition coefficient (Wildman–Crippen LogP) is 2.51. The zero-order valence-corrected chi connectivity index (χ0v) is 12.9. The second kappa shape index (κ2) is 11.6. The van der Waals surface area contributed by atoms with Crippen molar-refractivity contribution in [3.8, 4) is 0 Å². The molecule has 0 aromatic heterocycles. The van der Waals surface area contributed by atoms with E-state index in [0.29, 0.717) is 13.0 Å². The maximum absolute atomic E-state index is 8.88. The first-order valence-electron chi connectivity index (χ1n) is 7.55. The maximum Gasteiger partial charge on any atom is 0.0652 e. The number of aliphatic hydroxyl groups is 2. The molecule has 2 atom stereocenters. The lowest BCUT2D eigenvalue weighted by molar-refractivity contribution is -0.0494. The minimum absolute atomic E-state index is 0.107. The monoisotopic (exact) mass is 276 g/mol. The van der Waals surface area contributed by atoms with Crippen molar-refractivity contribution in [1.82, 2.24) is 0 Å². The van der Waals surface area contributed by atoms with Crippen LogP contribution >= 0.6 is 0 Å². The van der Waals surface area contributed by atoms with Crippen LogP contribution in [0.2, 0.25) is 0 Å². The molecule has 116 valence electrons. The van der Waals surface area contributed by atoms with Gasteiger partial charge in [-0.15, -0.1) is 0 Å². The second-order valence-corrected chi connectivity index (χ2v) is 5.38. The Hall–Kier alpha value is -0.160. The molecule has 4 heteroatoms. The average molecular weight is 276 g/mol. The number of rotatable bonds is 13. The van der Waals surface area contributed by atoms with E-state index in [4.69, 9.17) is 19.7 Å². The third-order valence-corrected chi connectivity index (χ3v) is 3.52. The van der Waals surface area contributed by atoms with Gasteiger partial charge in [0.05, 0.1) is 11.7 Å². The Balaban J connectivity index is 3.64. The van der Waals surface area contributed by atoms with Gasteiger partial charge in [0, 0.05) is 26.4 Å². The van der Waals surface area contributed by atoms with Crippen LogP contribution in [0.5, 0.6) is 0 Å². The fraction of sp³-hybridized carbons (Fsp3) is 1.00. The zero-order chi connectivity index (χ0) is 14.6. The molecule has 0 spiro atoms. The van der Waals surface area contributed by atoms with Crippen LogP contribution in [0.4, 0.5) is 0 Å². The van der Waals surface area contributed by atoms with Crippen molar-refractivity contribution < 1.29 is 19.7 Å². The van der Waals surface area contributed by atoms with Crippen LogP contribution in [0.15, 0.2) is 0 Å². The maximum atomic E-state index is 8.88. The molecule has 0 aliphatic carbocycles. The lowest BCUT2D eigenvalue weighted by atomic mass is 9.97. The van der Waals surface area contributed by atoms with Crippen molar-refractivity contribution in [3.63, 3.8) is 0 Å². The Morgan fingerprint density at radius 1 is 1.05 bits per heavy atom. The molecule has 0 aromatic rings. The highest BCUT2D eigenvalue weighted by Gasteiger charge is 2.21. The van der Waals surface area contributed by atoms with Gasteiger partial charge < -0.3 is 19.7 Å². The van der Waals surface area contributed by atoms with E-state index in [0.717, 1.165) is 38.7 Å². The summed E-state index contributed by atoms with van der Waals surface area (Å²) in [6.07, 6.45) is 5.56. The van der Waals surface area contributed by atoms with Gasteiger partial charge >= 0.3 is 0 Å². The first kappa shape index (κ1) is 18.8. The molecule has 0 heterocycles. The third-order valence-electron chi connectivity index (χ3n) is 3.52. The van der Waals surface area contributed by atoms with E-state index in [9.17, 15) is 0 Å². The van der Waals surface area contributed by atoms with Crippen LogP contribution in [0.25, 0.3) is 0 Å². The van der Waals surface area contributed by atoms with Crippen molar-refractivity contribution in [3.05, 3.63) is 0 Å². The minimum Gasteiger partial charge on any atom is -0.396 e. The van der Waals surface area contributed by atoms with Gasteiger partial charge in [-0.1, -0.05) is 6.92 Å². The quantitative estimate of drug-likeness (QED) is 0.507. The SMILES string of the molecule is CCC(C)(CCCO)OCCCC(C)OCCCO. The normalized spacial score (nSPS) is 16.3. The molecule has 4 nitrogen and oxygen atoms in total. The van der Waals surface area contributed by atoms with Gasteiger partial charge in [0.1, 0.15) is 0 Å². The third kappa shape index (κ3) is 10.3. The molecule has 0 radical (unpaired) electrons. The van der Waals surface area contributed by atoms with Crippen molar-refractivity contribution >= 4 is 0 Å². The molecule has 2 N–H and O–H groups in total. The van der Waals surface area contributed by atoms with Gasteiger partial charge in [0.2, 0.25) is 0 Å². The Morgan fingerprint density at radius 2 is 1.74 bits per heavy atom. The van der Waals surface area contributed by atoms with Crippen LogP contribution in [0.3, 0.4) is 0 Å². The highest BCUT2D eigenvalue weighted by molar-refractivity contribution is 4.73. The van der Waals surface area contributed by atoms with E-state index in [1.165, 1.54) is 0 Å². The van der Waals surface area contributed by atoms with E-state index in [1.54, 1.807) is 0 Å². The summed E-state index contributed by atoms with van der Waals surface area (Å²) < 4.78 is 11.5. The molecule has 0 aromatic carbocycles. The molecule has 0 bridgehead atoms. The average Bonchev–Trinajstić information content (AvgIpc) is 2.42. The first-order chi connectivity index (χ1) is 9.08. The highest BCUT2D eigenvalue weighted by Crippen LogP contribution is 2.22. The fourth-order valence-electron chi connectivity index (χ4n) is 1.93. The predicted molar refractivity (Wildman–Crippen MR) is 77.3 cm³/mol. The molecule has 0 fully saturated rings. The van der Waals surface area contributed by atoms with Crippen LogP contribution in [-0.4, -0.2) is 48.3 Å². The van der Waals surface area contributed by atoms with E-state index in [-0.39, 0.29) is 24.9 Å². The fourth-order valence-corrected chi connectivity index (χ4v) is 1.93. The van der Waals surface area contributed by atoms with Crippen molar-refractivity contribution in [2.45, 2.75) is 71.0 Å². The van der Waals surface area contributed by atoms with E-state index in [1.807, 2.05) is 0 Å². The lowest BCUT2D eigenvalue weighted by Gasteiger charge is -2.29. The summed E-state index contributed by atoms with van der Waals surface area (Å²) in [4.78, 5) is 0. The summed E-state index contributed by atoms with van der Waals surface area (Å²) in [5, 5.41) is 17.5. The molecular weight excluding hydrogens is 244 g/mol. The highest BCUT2D eigenvalue weighted by atomic mass is 16.5. The topological polar surface area (TPSA) is 58.9 Å². The van der Waals surface area contributed by atoms with E-state index >= 15 is 0 Å². The molecular formula is C15H32O4. The molecule has 0 saturated heterocycles. The Morgan fingerprint density at radius 3 is 2.32 bits per heavy atom. The van der Waals surface area contributed by atoms with Crippen LogP contribution in [0.1, 0.15) is 59.3 Å². The second-order valence-electron chi connectivity index (χ2n) is 5.38. The smallest absolute Gasteiger partial charge is 0.0652 e. The van der Waals surface area contributed by atoms with Gasteiger partial charge in [-0.3, -0.25) is 0 Å². The summed E-state index contributed by atoms with van der Waals surface area (Å²) in [5.74, 6) is 0. The Bertz CT molecular complexity index is 199. The lowest BCUT2D eigenvalue weighted by Crippen LogP contribution is -2.29. The molecule has 19 heavy (non-hydrogen) atoms.